The predicted molar refractivity (Wildman–Crippen MR) is 105 cm³/mol. The van der Waals surface area contributed by atoms with Crippen LogP contribution in [0.2, 0.25) is 0 Å². The minimum atomic E-state index is -0.773. The third-order valence-electron chi connectivity index (χ3n) is 2.68. The second-order valence-electron chi connectivity index (χ2n) is 7.78. The highest BCUT2D eigenvalue weighted by Crippen LogP contribution is 2.18. The average molecular weight is 395 g/mol. The zero-order chi connectivity index (χ0) is 21.4. The first-order chi connectivity index (χ1) is 12.9. The molecule has 0 saturated heterocycles. The smallest absolute Gasteiger partial charge is 0.414 e. The van der Waals surface area contributed by atoms with E-state index in [4.69, 9.17) is 19.3 Å². The Hall–Kier alpha value is -2.81. The standard InChI is InChI=1S/C19H29N3O6/c1-18(2,3)27-16(24)21-15(22-17(25)28-19(4,5)6)20-13-7-9-14(10-8-13)26-12-11-23/h7-10,23H,11-12H2,1-6H3,(H2,20,21,22,24,25). The third-order valence-corrected chi connectivity index (χ3v) is 2.68. The lowest BCUT2D eigenvalue weighted by atomic mass is 10.2. The fourth-order valence-electron chi connectivity index (χ4n) is 1.80. The molecule has 1 aromatic carbocycles. The molecule has 0 aliphatic rings. The van der Waals surface area contributed by atoms with E-state index in [2.05, 4.69) is 15.6 Å². The van der Waals surface area contributed by atoms with Crippen molar-refractivity contribution >= 4 is 23.8 Å². The van der Waals surface area contributed by atoms with Crippen LogP contribution in [0.1, 0.15) is 41.5 Å². The first-order valence-corrected chi connectivity index (χ1v) is 8.80. The molecule has 9 nitrogen and oxygen atoms in total. The Morgan fingerprint density at radius 3 is 1.79 bits per heavy atom. The normalized spacial score (nSPS) is 11.2. The number of hydrogen-bond acceptors (Lipinski definition) is 7. The zero-order valence-electron chi connectivity index (χ0n) is 17.2. The molecule has 0 aromatic heterocycles. The van der Waals surface area contributed by atoms with Crippen LogP contribution in [0, 0.1) is 0 Å². The molecule has 9 heteroatoms. The molecule has 0 unspecified atom stereocenters. The number of hydrogen-bond donors (Lipinski definition) is 3. The molecular weight excluding hydrogens is 366 g/mol. The molecule has 0 saturated carbocycles. The molecule has 0 spiro atoms. The number of carbonyl (C=O) groups excluding carboxylic acids is 2. The second kappa shape index (κ2) is 9.93. The van der Waals surface area contributed by atoms with Crippen LogP contribution in [0.4, 0.5) is 15.3 Å². The molecule has 0 atom stereocenters. The Kier molecular flexibility index (Phi) is 8.24. The molecule has 0 aliphatic carbocycles. The van der Waals surface area contributed by atoms with Crippen molar-refractivity contribution in [2.75, 3.05) is 13.2 Å². The summed E-state index contributed by atoms with van der Waals surface area (Å²) in [5, 5.41) is 13.6. The number of nitrogens with one attached hydrogen (secondary N) is 2. The Bertz CT molecular complexity index is 655. The van der Waals surface area contributed by atoms with E-state index < -0.39 is 23.4 Å². The van der Waals surface area contributed by atoms with Crippen LogP contribution in [0.3, 0.4) is 0 Å². The fourth-order valence-corrected chi connectivity index (χ4v) is 1.80. The Labute approximate surface area is 165 Å². The second-order valence-corrected chi connectivity index (χ2v) is 7.78. The lowest BCUT2D eigenvalue weighted by molar-refractivity contribution is 0.0545. The van der Waals surface area contributed by atoms with Crippen molar-refractivity contribution in [2.45, 2.75) is 52.7 Å². The van der Waals surface area contributed by atoms with E-state index in [9.17, 15) is 9.59 Å². The van der Waals surface area contributed by atoms with Crippen molar-refractivity contribution in [1.82, 2.24) is 10.6 Å². The lowest BCUT2D eigenvalue weighted by Gasteiger charge is -2.22. The Balaban J connectivity index is 2.96. The van der Waals surface area contributed by atoms with Crippen LogP contribution in [-0.2, 0) is 9.47 Å². The van der Waals surface area contributed by atoms with E-state index in [1.165, 1.54) is 0 Å². The molecule has 156 valence electrons. The highest BCUT2D eigenvalue weighted by Gasteiger charge is 2.21. The van der Waals surface area contributed by atoms with Crippen LogP contribution in [0.25, 0.3) is 0 Å². The summed E-state index contributed by atoms with van der Waals surface area (Å²) in [4.78, 5) is 28.3. The van der Waals surface area contributed by atoms with Gasteiger partial charge in [-0.1, -0.05) is 0 Å². The number of nitrogens with zero attached hydrogens (tertiary/aromatic N) is 1. The number of aliphatic imine (C=N–C) groups is 1. The van der Waals surface area contributed by atoms with E-state index in [1.807, 2.05) is 0 Å². The van der Waals surface area contributed by atoms with Crippen LogP contribution in [-0.4, -0.2) is 47.7 Å². The largest absolute Gasteiger partial charge is 0.491 e. The summed E-state index contributed by atoms with van der Waals surface area (Å²) in [6, 6.07) is 6.54. The molecule has 0 bridgehead atoms. The average Bonchev–Trinajstić information content (AvgIpc) is 2.50. The maximum Gasteiger partial charge on any atom is 0.414 e. The maximum atomic E-state index is 12.0. The van der Waals surface area contributed by atoms with Gasteiger partial charge in [-0.2, -0.15) is 0 Å². The SMILES string of the molecule is CC(C)(C)OC(=O)NC(=Nc1ccc(OCCO)cc1)NC(=O)OC(C)(C)C. The van der Waals surface area contributed by atoms with Gasteiger partial charge in [0.15, 0.2) is 0 Å². The Morgan fingerprint density at radius 2 is 1.39 bits per heavy atom. The molecule has 0 radical (unpaired) electrons. The number of carbonyl (C=O) groups is 2. The van der Waals surface area contributed by atoms with Gasteiger partial charge in [0.2, 0.25) is 5.96 Å². The van der Waals surface area contributed by atoms with Crippen molar-refractivity contribution in [3.8, 4) is 5.75 Å². The van der Waals surface area contributed by atoms with E-state index in [1.54, 1.807) is 65.8 Å². The van der Waals surface area contributed by atoms with Crippen LogP contribution in [0.15, 0.2) is 29.3 Å². The molecule has 0 fully saturated rings. The first-order valence-electron chi connectivity index (χ1n) is 8.80. The summed E-state index contributed by atoms with van der Waals surface area (Å²) in [5.41, 5.74) is -0.988. The number of aliphatic hydroxyl groups excluding tert-OH is 1. The van der Waals surface area contributed by atoms with Gasteiger partial charge in [-0.3, -0.25) is 10.6 Å². The van der Waals surface area contributed by atoms with Gasteiger partial charge in [0.1, 0.15) is 23.6 Å². The minimum absolute atomic E-state index is 0.0936. The number of guanidine groups is 1. The van der Waals surface area contributed by atoms with Crippen molar-refractivity contribution in [3.63, 3.8) is 0 Å². The van der Waals surface area contributed by atoms with Gasteiger partial charge >= 0.3 is 12.2 Å². The van der Waals surface area contributed by atoms with E-state index >= 15 is 0 Å². The predicted octanol–water partition coefficient (Wildman–Crippen LogP) is 3.09. The highest BCUT2D eigenvalue weighted by atomic mass is 16.6. The van der Waals surface area contributed by atoms with E-state index in [0.717, 1.165) is 0 Å². The quantitative estimate of drug-likeness (QED) is 0.532. The minimum Gasteiger partial charge on any atom is -0.491 e. The fraction of sp³-hybridized carbons (Fsp3) is 0.526. The van der Waals surface area contributed by atoms with Crippen molar-refractivity contribution in [2.24, 2.45) is 4.99 Å². The van der Waals surface area contributed by atoms with Gasteiger partial charge < -0.3 is 19.3 Å². The number of ether oxygens (including phenoxy) is 3. The van der Waals surface area contributed by atoms with Gasteiger partial charge in [-0.15, -0.1) is 0 Å². The monoisotopic (exact) mass is 395 g/mol. The van der Waals surface area contributed by atoms with Gasteiger partial charge in [0.05, 0.1) is 12.3 Å². The van der Waals surface area contributed by atoms with Gasteiger partial charge in [-0.25, -0.2) is 14.6 Å². The molecule has 3 N–H and O–H groups in total. The maximum absolute atomic E-state index is 12.0. The zero-order valence-corrected chi connectivity index (χ0v) is 17.2. The van der Waals surface area contributed by atoms with Crippen LogP contribution >= 0.6 is 0 Å². The lowest BCUT2D eigenvalue weighted by Crippen LogP contribution is -2.47. The molecule has 0 aliphatic heterocycles. The highest BCUT2D eigenvalue weighted by molar-refractivity contribution is 6.02. The first kappa shape index (κ1) is 23.2. The van der Waals surface area contributed by atoms with Crippen molar-refractivity contribution in [1.29, 1.82) is 0 Å². The molecule has 2 amide bonds. The summed E-state index contributed by atoms with van der Waals surface area (Å²) in [7, 11) is 0. The molecule has 1 aromatic rings. The topological polar surface area (TPSA) is 118 Å². The summed E-state index contributed by atoms with van der Waals surface area (Å²) >= 11 is 0. The summed E-state index contributed by atoms with van der Waals surface area (Å²) in [5.74, 6) is 0.405. The summed E-state index contributed by atoms with van der Waals surface area (Å²) in [6.07, 6.45) is -1.55. The van der Waals surface area contributed by atoms with Crippen LogP contribution < -0.4 is 15.4 Å². The van der Waals surface area contributed by atoms with E-state index in [-0.39, 0.29) is 19.2 Å². The molecule has 28 heavy (non-hydrogen) atoms. The van der Waals surface area contributed by atoms with Gasteiger partial charge in [0.25, 0.3) is 0 Å². The number of alkyl carbamates (subject to hydrolysis) is 2. The van der Waals surface area contributed by atoms with Crippen molar-refractivity contribution in [3.05, 3.63) is 24.3 Å². The Morgan fingerprint density at radius 1 is 0.929 bits per heavy atom. The van der Waals surface area contributed by atoms with Crippen LogP contribution in [0.5, 0.6) is 5.75 Å². The number of amides is 2. The summed E-state index contributed by atoms with van der Waals surface area (Å²) < 4.78 is 15.6. The number of aliphatic hydroxyl groups is 1. The summed E-state index contributed by atoms with van der Waals surface area (Å²) in [6.45, 7) is 10.4. The number of rotatable bonds is 4. The molecule has 1 rings (SSSR count). The van der Waals surface area contributed by atoms with Gasteiger partial charge in [-0.05, 0) is 65.8 Å². The third kappa shape index (κ3) is 10.4. The van der Waals surface area contributed by atoms with E-state index in [0.29, 0.717) is 11.4 Å². The molecule has 0 heterocycles. The van der Waals surface area contributed by atoms with Crippen molar-refractivity contribution < 1.29 is 28.9 Å². The number of benzene rings is 1. The van der Waals surface area contributed by atoms with Gasteiger partial charge in [0, 0.05) is 0 Å². The molecular formula is C19H29N3O6.